The second-order valence-electron chi connectivity index (χ2n) is 3.80. The van der Waals surface area contributed by atoms with Crippen LogP contribution in [0.2, 0.25) is 0 Å². The van der Waals surface area contributed by atoms with Gasteiger partial charge < -0.3 is 0 Å². The number of rotatable bonds is 1. The maximum Gasteiger partial charge on any atom is 0.259 e. The van der Waals surface area contributed by atoms with Gasteiger partial charge in [-0.15, -0.1) is 0 Å². The predicted molar refractivity (Wildman–Crippen MR) is 65.6 cm³/mol. The Hall–Kier alpha value is -2.14. The third-order valence-electron chi connectivity index (χ3n) is 2.66. The van der Waals surface area contributed by atoms with E-state index in [9.17, 15) is 14.8 Å². The maximum absolute atomic E-state index is 12.1. The number of benzene rings is 1. The van der Waals surface area contributed by atoms with Crippen molar-refractivity contribution in [3.05, 3.63) is 50.9 Å². The molecule has 1 aromatic carbocycles. The zero-order chi connectivity index (χ0) is 12.6. The van der Waals surface area contributed by atoms with Crippen LogP contribution in [0.25, 0.3) is 10.8 Å². The Balaban J connectivity index is 3.10. The van der Waals surface area contributed by atoms with Gasteiger partial charge in [0, 0.05) is 25.5 Å². The standard InChI is InChI=1S/C12H12N2O3/c1-13-11(14(2)17)7-10(15)8-5-3-4-6-9(8)12(13)16/h3-7,17H,1-2H3. The van der Waals surface area contributed by atoms with Crippen molar-refractivity contribution in [2.24, 2.45) is 7.05 Å². The van der Waals surface area contributed by atoms with Crippen LogP contribution in [-0.4, -0.2) is 16.8 Å². The van der Waals surface area contributed by atoms with Gasteiger partial charge in [-0.05, 0) is 6.07 Å². The van der Waals surface area contributed by atoms with Crippen molar-refractivity contribution in [3.63, 3.8) is 0 Å². The Morgan fingerprint density at radius 1 is 1.18 bits per heavy atom. The molecule has 1 aromatic heterocycles. The normalized spacial score (nSPS) is 10.5. The molecule has 0 spiro atoms. The summed E-state index contributed by atoms with van der Waals surface area (Å²) in [6, 6.07) is 7.83. The Kier molecular flexibility index (Phi) is 2.69. The summed E-state index contributed by atoms with van der Waals surface area (Å²) < 4.78 is 1.24. The Morgan fingerprint density at radius 3 is 2.35 bits per heavy atom. The number of anilines is 1. The first kappa shape index (κ1) is 11.3. The summed E-state index contributed by atoms with van der Waals surface area (Å²) in [7, 11) is 2.87. The van der Waals surface area contributed by atoms with Gasteiger partial charge in [-0.25, -0.2) is 5.06 Å². The maximum atomic E-state index is 12.1. The van der Waals surface area contributed by atoms with E-state index in [0.29, 0.717) is 10.8 Å². The lowest BCUT2D eigenvalue weighted by Crippen LogP contribution is -2.22. The van der Waals surface area contributed by atoms with E-state index in [1.54, 1.807) is 24.3 Å². The molecule has 0 aliphatic carbocycles. The first-order valence-electron chi connectivity index (χ1n) is 5.08. The van der Waals surface area contributed by atoms with Crippen LogP contribution in [-0.2, 0) is 7.05 Å². The molecular formula is C12H12N2O3. The molecule has 0 atom stereocenters. The van der Waals surface area contributed by atoms with Crippen LogP contribution in [0.3, 0.4) is 0 Å². The van der Waals surface area contributed by atoms with Crippen molar-refractivity contribution >= 4 is 16.6 Å². The highest BCUT2D eigenvalue weighted by Gasteiger charge is 2.08. The van der Waals surface area contributed by atoms with Gasteiger partial charge in [0.15, 0.2) is 5.43 Å². The van der Waals surface area contributed by atoms with E-state index in [-0.39, 0.29) is 16.8 Å². The molecule has 0 amide bonds. The molecule has 2 aromatic rings. The highest BCUT2D eigenvalue weighted by atomic mass is 16.5. The van der Waals surface area contributed by atoms with Crippen molar-refractivity contribution in [2.45, 2.75) is 0 Å². The monoisotopic (exact) mass is 232 g/mol. The smallest absolute Gasteiger partial charge is 0.259 e. The molecule has 0 aliphatic rings. The van der Waals surface area contributed by atoms with E-state index < -0.39 is 0 Å². The number of hydrogen-bond donors (Lipinski definition) is 1. The summed E-state index contributed by atoms with van der Waals surface area (Å²) in [5, 5.41) is 10.8. The van der Waals surface area contributed by atoms with Crippen LogP contribution >= 0.6 is 0 Å². The van der Waals surface area contributed by atoms with Crippen molar-refractivity contribution in [3.8, 4) is 0 Å². The Morgan fingerprint density at radius 2 is 1.76 bits per heavy atom. The van der Waals surface area contributed by atoms with E-state index in [0.717, 1.165) is 5.06 Å². The minimum Gasteiger partial charge on any atom is -0.296 e. The van der Waals surface area contributed by atoms with Gasteiger partial charge in [0.2, 0.25) is 0 Å². The molecular weight excluding hydrogens is 220 g/mol. The number of aromatic nitrogens is 1. The molecule has 0 fully saturated rings. The molecule has 0 unspecified atom stereocenters. The minimum atomic E-state index is -0.321. The molecule has 0 radical (unpaired) electrons. The van der Waals surface area contributed by atoms with E-state index in [1.165, 1.54) is 24.7 Å². The second kappa shape index (κ2) is 4.03. The first-order chi connectivity index (χ1) is 8.02. The van der Waals surface area contributed by atoms with Crippen LogP contribution in [0, 0.1) is 0 Å². The fourth-order valence-corrected chi connectivity index (χ4v) is 1.77. The highest BCUT2D eigenvalue weighted by molar-refractivity contribution is 5.81. The lowest BCUT2D eigenvalue weighted by atomic mass is 10.2. The van der Waals surface area contributed by atoms with Gasteiger partial charge in [-0.1, -0.05) is 18.2 Å². The van der Waals surface area contributed by atoms with Gasteiger partial charge in [0.1, 0.15) is 5.82 Å². The lowest BCUT2D eigenvalue weighted by molar-refractivity contribution is 0.272. The quantitative estimate of drug-likeness (QED) is 0.736. The molecule has 0 bridgehead atoms. The molecule has 0 saturated heterocycles. The van der Waals surface area contributed by atoms with Crippen molar-refractivity contribution in [1.29, 1.82) is 0 Å². The van der Waals surface area contributed by atoms with E-state index in [1.807, 2.05) is 0 Å². The predicted octanol–water partition coefficient (Wildman–Crippen LogP) is 0.724. The minimum absolute atomic E-state index is 0.149. The van der Waals surface area contributed by atoms with E-state index in [4.69, 9.17) is 0 Å². The van der Waals surface area contributed by atoms with Crippen molar-refractivity contribution in [1.82, 2.24) is 4.57 Å². The molecule has 17 heavy (non-hydrogen) atoms. The molecule has 0 saturated carbocycles. The average Bonchev–Trinajstić information content (AvgIpc) is 2.41. The summed E-state index contributed by atoms with van der Waals surface area (Å²) in [6.45, 7) is 0. The van der Waals surface area contributed by atoms with Crippen LogP contribution < -0.4 is 16.1 Å². The largest absolute Gasteiger partial charge is 0.296 e. The summed E-state index contributed by atoms with van der Waals surface area (Å²) >= 11 is 0. The third kappa shape index (κ3) is 1.81. The third-order valence-corrected chi connectivity index (χ3v) is 2.66. The van der Waals surface area contributed by atoms with Crippen LogP contribution in [0.15, 0.2) is 39.9 Å². The van der Waals surface area contributed by atoms with Gasteiger partial charge in [-0.3, -0.25) is 19.4 Å². The number of fused-ring (bicyclic) bond motifs is 1. The Labute approximate surface area is 97.1 Å². The van der Waals surface area contributed by atoms with Gasteiger partial charge in [-0.2, -0.15) is 0 Å². The van der Waals surface area contributed by atoms with E-state index >= 15 is 0 Å². The van der Waals surface area contributed by atoms with Crippen LogP contribution in [0.5, 0.6) is 0 Å². The molecule has 5 heteroatoms. The zero-order valence-electron chi connectivity index (χ0n) is 9.54. The molecule has 5 nitrogen and oxygen atoms in total. The number of hydrogen-bond acceptors (Lipinski definition) is 4. The fraction of sp³-hybridized carbons (Fsp3) is 0.167. The number of hydroxylamine groups is 1. The average molecular weight is 232 g/mol. The van der Waals surface area contributed by atoms with Crippen molar-refractivity contribution in [2.75, 3.05) is 12.1 Å². The summed E-state index contributed by atoms with van der Waals surface area (Å²) in [5.74, 6) is 0.149. The Bertz CT molecular complexity index is 689. The fourth-order valence-electron chi connectivity index (χ4n) is 1.77. The number of nitrogens with zero attached hydrogens (tertiary/aromatic N) is 2. The van der Waals surface area contributed by atoms with Gasteiger partial charge in [0.25, 0.3) is 5.56 Å². The molecule has 88 valence electrons. The van der Waals surface area contributed by atoms with E-state index in [2.05, 4.69) is 0 Å². The zero-order valence-corrected chi connectivity index (χ0v) is 9.54. The molecule has 0 aliphatic heterocycles. The van der Waals surface area contributed by atoms with Gasteiger partial charge >= 0.3 is 0 Å². The summed E-state index contributed by atoms with van der Waals surface area (Å²) in [5.41, 5.74) is -0.618. The lowest BCUT2D eigenvalue weighted by Gasteiger charge is -2.11. The SMILES string of the molecule is CN(O)c1cc(=O)c2ccccc2c(=O)n1C. The van der Waals surface area contributed by atoms with Crippen molar-refractivity contribution < 1.29 is 5.21 Å². The van der Waals surface area contributed by atoms with Crippen LogP contribution in [0.4, 0.5) is 5.82 Å². The molecule has 1 N–H and O–H groups in total. The highest BCUT2D eigenvalue weighted by Crippen LogP contribution is 2.08. The second-order valence-corrected chi connectivity index (χ2v) is 3.80. The first-order valence-corrected chi connectivity index (χ1v) is 5.08. The van der Waals surface area contributed by atoms with Crippen LogP contribution in [0.1, 0.15) is 0 Å². The molecule has 1 heterocycles. The molecule has 2 rings (SSSR count). The van der Waals surface area contributed by atoms with Gasteiger partial charge in [0.05, 0.1) is 5.39 Å². The summed E-state index contributed by atoms with van der Waals surface area (Å²) in [6.07, 6.45) is 0. The summed E-state index contributed by atoms with van der Waals surface area (Å²) in [4.78, 5) is 24.0. The topological polar surface area (TPSA) is 62.5 Å².